The lowest BCUT2D eigenvalue weighted by molar-refractivity contribution is -0.148. The van der Waals surface area contributed by atoms with E-state index in [1.165, 1.54) is 19.6 Å². The van der Waals surface area contributed by atoms with Crippen LogP contribution in [-0.4, -0.2) is 46.3 Å². The van der Waals surface area contributed by atoms with Gasteiger partial charge in [-0.2, -0.15) is 0 Å². The minimum absolute atomic E-state index is 0.120. The molecule has 0 saturated heterocycles. The van der Waals surface area contributed by atoms with Gasteiger partial charge in [-0.15, -0.1) is 0 Å². The zero-order valence-corrected chi connectivity index (χ0v) is 11.4. The van der Waals surface area contributed by atoms with E-state index >= 15 is 0 Å². The number of nitrogens with one attached hydrogen (secondary N) is 1. The molecule has 7 heteroatoms. The monoisotopic (exact) mass is 289 g/mol. The fourth-order valence-corrected chi connectivity index (χ4v) is 1.80. The Balaban J connectivity index is 2.11. The molecule has 0 aliphatic carbocycles. The molecule has 0 saturated carbocycles. The van der Waals surface area contributed by atoms with E-state index in [9.17, 15) is 9.59 Å². The van der Waals surface area contributed by atoms with Crippen LogP contribution in [0.3, 0.4) is 0 Å². The molecule has 2 N–H and O–H groups in total. The number of ether oxygens (including phenoxy) is 1. The van der Waals surface area contributed by atoms with Gasteiger partial charge in [-0.1, -0.05) is 18.2 Å². The van der Waals surface area contributed by atoms with Gasteiger partial charge in [0.05, 0.1) is 19.1 Å². The number of rotatable bonds is 6. The van der Waals surface area contributed by atoms with Crippen molar-refractivity contribution in [3.8, 4) is 5.69 Å². The fourth-order valence-electron chi connectivity index (χ4n) is 1.80. The van der Waals surface area contributed by atoms with Gasteiger partial charge in [0.1, 0.15) is 5.69 Å². The second kappa shape index (κ2) is 6.67. The van der Waals surface area contributed by atoms with Gasteiger partial charge in [-0.25, -0.2) is 9.78 Å². The molecule has 1 amide bonds. The van der Waals surface area contributed by atoms with E-state index in [1.54, 1.807) is 4.57 Å². The first kappa shape index (κ1) is 14.7. The van der Waals surface area contributed by atoms with Crippen LogP contribution in [0, 0.1) is 0 Å². The highest BCUT2D eigenvalue weighted by atomic mass is 16.5. The Kier molecular flexibility index (Phi) is 4.68. The number of amides is 1. The van der Waals surface area contributed by atoms with Crippen molar-refractivity contribution >= 4 is 11.9 Å². The molecule has 21 heavy (non-hydrogen) atoms. The van der Waals surface area contributed by atoms with Crippen molar-refractivity contribution in [2.75, 3.05) is 13.7 Å². The highest BCUT2D eigenvalue weighted by molar-refractivity contribution is 5.93. The fraction of sp³-hybridized carbons (Fsp3) is 0.214. The predicted octanol–water partition coefficient (Wildman–Crippen LogP) is 0.702. The highest BCUT2D eigenvalue weighted by Gasteiger charge is 2.19. The van der Waals surface area contributed by atoms with Gasteiger partial charge in [0.25, 0.3) is 5.91 Å². The topological polar surface area (TPSA) is 93.5 Å². The molecule has 1 aromatic heterocycles. The molecule has 0 radical (unpaired) electrons. The third-order valence-corrected chi connectivity index (χ3v) is 2.91. The molecule has 7 nitrogen and oxygen atoms in total. The third-order valence-electron chi connectivity index (χ3n) is 2.91. The lowest BCUT2D eigenvalue weighted by atomic mass is 10.3. The van der Waals surface area contributed by atoms with Crippen LogP contribution in [-0.2, 0) is 9.53 Å². The van der Waals surface area contributed by atoms with Crippen LogP contribution in [0.5, 0.6) is 0 Å². The Labute approximate surface area is 121 Å². The van der Waals surface area contributed by atoms with Crippen molar-refractivity contribution in [2.45, 2.75) is 6.10 Å². The smallest absolute Gasteiger partial charge is 0.334 e. The third kappa shape index (κ3) is 3.46. The van der Waals surface area contributed by atoms with Crippen LogP contribution in [0.4, 0.5) is 0 Å². The maximum atomic E-state index is 12.1. The van der Waals surface area contributed by atoms with E-state index in [0.717, 1.165) is 5.69 Å². The Morgan fingerprint density at radius 2 is 2.10 bits per heavy atom. The molecule has 0 aliphatic rings. The average molecular weight is 289 g/mol. The van der Waals surface area contributed by atoms with Crippen LogP contribution >= 0.6 is 0 Å². The number of benzene rings is 1. The van der Waals surface area contributed by atoms with Crippen LogP contribution in [0.2, 0.25) is 0 Å². The van der Waals surface area contributed by atoms with Crippen molar-refractivity contribution < 1.29 is 19.4 Å². The van der Waals surface area contributed by atoms with Gasteiger partial charge in [-0.05, 0) is 12.1 Å². The lowest BCUT2D eigenvalue weighted by Gasteiger charge is -2.12. The lowest BCUT2D eigenvalue weighted by Crippen LogP contribution is -2.38. The highest BCUT2D eigenvalue weighted by Crippen LogP contribution is 2.10. The summed E-state index contributed by atoms with van der Waals surface area (Å²) in [5.74, 6) is -1.55. The number of carboxylic acids is 1. The summed E-state index contributed by atoms with van der Waals surface area (Å²) in [6.45, 7) is -0.120. The van der Waals surface area contributed by atoms with Crippen LogP contribution in [0.15, 0.2) is 42.9 Å². The van der Waals surface area contributed by atoms with Crippen LogP contribution in [0.25, 0.3) is 5.69 Å². The van der Waals surface area contributed by atoms with Gasteiger partial charge in [-0.3, -0.25) is 9.36 Å². The summed E-state index contributed by atoms with van der Waals surface area (Å²) in [6, 6.07) is 9.25. The van der Waals surface area contributed by atoms with Crippen molar-refractivity contribution in [3.63, 3.8) is 0 Å². The van der Waals surface area contributed by atoms with E-state index in [-0.39, 0.29) is 6.54 Å². The van der Waals surface area contributed by atoms with Crippen molar-refractivity contribution in [2.24, 2.45) is 0 Å². The van der Waals surface area contributed by atoms with E-state index < -0.39 is 18.0 Å². The summed E-state index contributed by atoms with van der Waals surface area (Å²) in [4.78, 5) is 26.9. The SMILES string of the molecule is COC(CNC(=O)c1cncn1-c1ccccc1)C(=O)O. The number of methoxy groups -OCH3 is 1. The van der Waals surface area contributed by atoms with Gasteiger partial charge < -0.3 is 15.2 Å². The predicted molar refractivity (Wildman–Crippen MR) is 74.3 cm³/mol. The summed E-state index contributed by atoms with van der Waals surface area (Å²) in [6.07, 6.45) is 1.86. The number of carbonyl (C=O) groups excluding carboxylic acids is 1. The van der Waals surface area contributed by atoms with E-state index in [1.807, 2.05) is 30.3 Å². The standard InChI is InChI=1S/C14H15N3O4/c1-21-12(14(19)20)8-16-13(18)11-7-15-9-17(11)10-5-3-2-4-6-10/h2-7,9,12H,8H2,1H3,(H,16,18)(H,19,20). The number of nitrogens with zero attached hydrogens (tertiary/aromatic N) is 2. The Hall–Kier alpha value is -2.67. The number of para-hydroxylation sites is 1. The van der Waals surface area contributed by atoms with E-state index in [0.29, 0.717) is 5.69 Å². The van der Waals surface area contributed by atoms with Crippen molar-refractivity contribution in [1.29, 1.82) is 0 Å². The summed E-state index contributed by atoms with van der Waals surface area (Å²) >= 11 is 0. The van der Waals surface area contributed by atoms with Gasteiger partial charge in [0, 0.05) is 12.8 Å². The quantitative estimate of drug-likeness (QED) is 0.816. The summed E-state index contributed by atoms with van der Waals surface area (Å²) < 4.78 is 6.38. The van der Waals surface area contributed by atoms with Crippen molar-refractivity contribution in [3.05, 3.63) is 48.5 Å². The van der Waals surface area contributed by atoms with E-state index in [2.05, 4.69) is 10.3 Å². The molecular weight excluding hydrogens is 274 g/mol. The molecule has 110 valence electrons. The Bertz CT molecular complexity index is 624. The average Bonchev–Trinajstić information content (AvgIpc) is 2.97. The molecule has 0 spiro atoms. The molecule has 0 bridgehead atoms. The number of carbonyl (C=O) groups is 2. The summed E-state index contributed by atoms with van der Waals surface area (Å²) in [5.41, 5.74) is 1.11. The zero-order chi connectivity index (χ0) is 15.2. The molecule has 1 unspecified atom stereocenters. The molecule has 0 fully saturated rings. The van der Waals surface area contributed by atoms with Crippen molar-refractivity contribution in [1.82, 2.24) is 14.9 Å². The van der Waals surface area contributed by atoms with Gasteiger partial charge in [0.2, 0.25) is 0 Å². The number of aromatic nitrogens is 2. The number of imidazole rings is 1. The Morgan fingerprint density at radius 3 is 2.71 bits per heavy atom. The maximum Gasteiger partial charge on any atom is 0.334 e. The first-order valence-corrected chi connectivity index (χ1v) is 6.25. The second-order valence-corrected chi connectivity index (χ2v) is 4.26. The second-order valence-electron chi connectivity index (χ2n) is 4.26. The first-order valence-electron chi connectivity index (χ1n) is 6.25. The largest absolute Gasteiger partial charge is 0.479 e. The van der Waals surface area contributed by atoms with Gasteiger partial charge in [0.15, 0.2) is 6.10 Å². The summed E-state index contributed by atoms with van der Waals surface area (Å²) in [5, 5.41) is 11.4. The minimum atomic E-state index is -1.13. The summed E-state index contributed by atoms with van der Waals surface area (Å²) in [7, 11) is 1.28. The first-order chi connectivity index (χ1) is 10.1. The van der Waals surface area contributed by atoms with Crippen LogP contribution in [0.1, 0.15) is 10.5 Å². The molecule has 1 atom stereocenters. The molecular formula is C14H15N3O4. The number of hydrogen-bond acceptors (Lipinski definition) is 4. The van der Waals surface area contributed by atoms with Gasteiger partial charge >= 0.3 is 5.97 Å². The molecule has 0 aliphatic heterocycles. The minimum Gasteiger partial charge on any atom is -0.479 e. The molecule has 2 aromatic rings. The number of carboxylic acid groups (broad SMARTS) is 1. The maximum absolute atomic E-state index is 12.1. The number of hydrogen-bond donors (Lipinski definition) is 2. The van der Waals surface area contributed by atoms with E-state index in [4.69, 9.17) is 9.84 Å². The van der Waals surface area contributed by atoms with Crippen LogP contribution < -0.4 is 5.32 Å². The molecule has 2 rings (SSSR count). The molecule has 1 heterocycles. The number of aliphatic carboxylic acids is 1. The normalized spacial score (nSPS) is 11.9. The Morgan fingerprint density at radius 1 is 1.38 bits per heavy atom. The molecule has 1 aromatic carbocycles. The zero-order valence-electron chi connectivity index (χ0n) is 11.4.